The van der Waals surface area contributed by atoms with Crippen LogP contribution in [0.4, 0.5) is 5.69 Å². The highest BCUT2D eigenvalue weighted by Gasteiger charge is 2.35. The number of carbonyl (C=O) groups excluding carboxylic acids is 5. The van der Waals surface area contributed by atoms with E-state index in [2.05, 4.69) is 10.6 Å². The number of hydrogen-bond acceptors (Lipinski definition) is 13. The number of esters is 1. The molecule has 17 heteroatoms. The number of rotatable bonds is 17. The molecule has 0 saturated carbocycles. The summed E-state index contributed by atoms with van der Waals surface area (Å²) in [5.74, 6) is -1.67. The summed E-state index contributed by atoms with van der Waals surface area (Å²) in [5, 5.41) is 32.1. The van der Waals surface area contributed by atoms with Crippen molar-refractivity contribution in [2.24, 2.45) is 5.92 Å². The van der Waals surface area contributed by atoms with E-state index in [1.54, 1.807) is 19.1 Å². The van der Waals surface area contributed by atoms with Crippen molar-refractivity contribution in [3.8, 4) is 5.75 Å². The molecule has 1 aromatic carbocycles. The number of amides is 4. The minimum Gasteiger partial charge on any atom is -0.483 e. The largest absolute Gasteiger partial charge is 0.483 e. The molecule has 2 aliphatic heterocycles. The molecule has 0 spiro atoms. The molecule has 5 N–H and O–H groups in total. The standard InChI is InChI=1S/C29H41N3O12.C2H6.CH2O2/c1-18-13-27(38)32(28(18)39)8-10-41-12-11-40-9-6-25(36)30-7-5-26(37)31-22-14-20(16-42-19(2)33)3-4-24(22)44-29-23(35)15-21(34)17-43-29;1-2;2-1-3/h3-4,14,18,21,23,29,34-35H,5-13,15-17H2,1-2H3,(H,30,36)(H,31,37);1-2H3;1H,(H,2,3)/t18?,21-,23+,29?;;/m0../s1. The second-order valence-corrected chi connectivity index (χ2v) is 10.6. The molecule has 3 rings (SSSR count). The third kappa shape index (κ3) is 16.7. The Morgan fingerprint density at radius 1 is 1.04 bits per heavy atom. The van der Waals surface area contributed by atoms with Crippen LogP contribution in [0.15, 0.2) is 18.2 Å². The number of aliphatic hydroxyl groups is 2. The molecule has 2 aliphatic rings. The lowest BCUT2D eigenvalue weighted by atomic mass is 10.1. The van der Waals surface area contributed by atoms with Crippen LogP contribution in [-0.2, 0) is 54.3 Å². The molecule has 2 heterocycles. The first kappa shape index (κ1) is 42.9. The molecule has 49 heavy (non-hydrogen) atoms. The van der Waals surface area contributed by atoms with Gasteiger partial charge in [0.25, 0.3) is 6.47 Å². The van der Waals surface area contributed by atoms with Crippen molar-refractivity contribution >= 4 is 41.8 Å². The Labute approximate surface area is 285 Å². The first-order valence-electron chi connectivity index (χ1n) is 16.0. The molecule has 1 aromatic rings. The van der Waals surface area contributed by atoms with Crippen LogP contribution < -0.4 is 15.4 Å². The van der Waals surface area contributed by atoms with Crippen LogP contribution in [-0.4, -0.2) is 121 Å². The molecule has 2 saturated heterocycles. The number of carbonyl (C=O) groups is 6. The van der Waals surface area contributed by atoms with Gasteiger partial charge >= 0.3 is 5.97 Å². The molecule has 0 radical (unpaired) electrons. The van der Waals surface area contributed by atoms with E-state index in [1.807, 2.05) is 13.8 Å². The quantitative estimate of drug-likeness (QED) is 0.0648. The van der Waals surface area contributed by atoms with E-state index in [0.29, 0.717) is 5.56 Å². The molecule has 0 bridgehead atoms. The summed E-state index contributed by atoms with van der Waals surface area (Å²) in [6.45, 7) is 7.80. The van der Waals surface area contributed by atoms with E-state index in [9.17, 15) is 34.2 Å². The van der Waals surface area contributed by atoms with Crippen LogP contribution in [0.25, 0.3) is 0 Å². The van der Waals surface area contributed by atoms with Gasteiger partial charge in [0.1, 0.15) is 18.5 Å². The zero-order chi connectivity index (χ0) is 36.8. The van der Waals surface area contributed by atoms with Gasteiger partial charge in [-0.15, -0.1) is 0 Å². The molecule has 4 amide bonds. The summed E-state index contributed by atoms with van der Waals surface area (Å²) >= 11 is 0. The van der Waals surface area contributed by atoms with Crippen molar-refractivity contribution in [1.29, 1.82) is 0 Å². The number of benzene rings is 1. The van der Waals surface area contributed by atoms with Crippen molar-refractivity contribution in [3.05, 3.63) is 23.8 Å². The highest BCUT2D eigenvalue weighted by molar-refractivity contribution is 6.03. The minimum atomic E-state index is -1.09. The summed E-state index contributed by atoms with van der Waals surface area (Å²) in [6, 6.07) is 4.73. The predicted molar refractivity (Wildman–Crippen MR) is 172 cm³/mol. The van der Waals surface area contributed by atoms with Crippen LogP contribution >= 0.6 is 0 Å². The number of imide groups is 1. The molecule has 0 aliphatic carbocycles. The lowest BCUT2D eigenvalue weighted by molar-refractivity contribution is -0.198. The molecule has 2 unspecified atom stereocenters. The first-order chi connectivity index (χ1) is 23.4. The van der Waals surface area contributed by atoms with Gasteiger partial charge in [0.2, 0.25) is 29.9 Å². The van der Waals surface area contributed by atoms with E-state index in [-0.39, 0.29) is 120 Å². The third-order valence-corrected chi connectivity index (χ3v) is 6.73. The van der Waals surface area contributed by atoms with E-state index in [4.69, 9.17) is 33.6 Å². The number of nitrogens with zero attached hydrogens (tertiary/aromatic N) is 1. The molecular formula is C32H49N3O14. The Balaban J connectivity index is 0.00000227. The first-order valence-corrected chi connectivity index (χ1v) is 16.0. The fourth-order valence-corrected chi connectivity index (χ4v) is 4.41. The van der Waals surface area contributed by atoms with Crippen LogP contribution in [0.3, 0.4) is 0 Å². The number of likely N-dealkylation sites (tertiary alicyclic amines) is 1. The second kappa shape index (κ2) is 24.0. The Hall–Kier alpha value is -4.16. The van der Waals surface area contributed by atoms with Crippen molar-refractivity contribution in [2.75, 3.05) is 51.4 Å². The number of anilines is 1. The van der Waals surface area contributed by atoms with Gasteiger partial charge in [-0.3, -0.25) is 33.7 Å². The van der Waals surface area contributed by atoms with E-state index >= 15 is 0 Å². The SMILES string of the molecule is CC.CC(=O)OCc1ccc(OC2OC[C@@H](O)C[C@H]2O)c(NC(=O)CCNC(=O)CCOCCOCCN2C(=O)CC(C)C2=O)c1.O=CO. The van der Waals surface area contributed by atoms with E-state index in [0.717, 1.165) is 0 Å². The number of hydrogen-bond donors (Lipinski definition) is 5. The Bertz CT molecular complexity index is 1210. The maximum atomic E-state index is 12.6. The number of nitrogens with one attached hydrogen (secondary N) is 2. The monoisotopic (exact) mass is 699 g/mol. The Morgan fingerprint density at radius 3 is 2.33 bits per heavy atom. The van der Waals surface area contributed by atoms with Gasteiger partial charge in [-0.2, -0.15) is 0 Å². The molecule has 17 nitrogen and oxygen atoms in total. The Morgan fingerprint density at radius 2 is 1.71 bits per heavy atom. The average molecular weight is 700 g/mol. The van der Waals surface area contributed by atoms with E-state index < -0.39 is 30.4 Å². The zero-order valence-corrected chi connectivity index (χ0v) is 28.4. The lowest BCUT2D eigenvalue weighted by Gasteiger charge is -2.31. The van der Waals surface area contributed by atoms with Gasteiger partial charge in [0, 0.05) is 45.1 Å². The Kier molecular flexibility index (Phi) is 21.0. The molecule has 0 aromatic heterocycles. The molecule has 2 fully saturated rings. The van der Waals surface area contributed by atoms with Crippen LogP contribution in [0, 0.1) is 5.92 Å². The lowest BCUT2D eigenvalue weighted by Crippen LogP contribution is -2.44. The van der Waals surface area contributed by atoms with Gasteiger partial charge in [-0.1, -0.05) is 26.8 Å². The molecule has 4 atom stereocenters. The van der Waals surface area contributed by atoms with Crippen LogP contribution in [0.2, 0.25) is 0 Å². The summed E-state index contributed by atoms with van der Waals surface area (Å²) in [5.41, 5.74) is 0.824. The maximum Gasteiger partial charge on any atom is 0.302 e. The van der Waals surface area contributed by atoms with Gasteiger partial charge in [-0.05, 0) is 17.7 Å². The average Bonchev–Trinajstić information content (AvgIpc) is 3.30. The maximum absolute atomic E-state index is 12.6. The smallest absolute Gasteiger partial charge is 0.302 e. The minimum absolute atomic E-state index is 0.0168. The van der Waals surface area contributed by atoms with Crippen LogP contribution in [0.5, 0.6) is 5.75 Å². The molecular weight excluding hydrogens is 650 g/mol. The van der Waals surface area contributed by atoms with Crippen molar-refractivity contribution in [1.82, 2.24) is 10.2 Å². The number of ether oxygens (including phenoxy) is 5. The summed E-state index contributed by atoms with van der Waals surface area (Å²) < 4.78 is 26.9. The number of carboxylic acid groups (broad SMARTS) is 1. The highest BCUT2D eigenvalue weighted by atomic mass is 16.7. The molecule has 276 valence electrons. The topological polar surface area (TPSA) is 237 Å². The normalized spacial score (nSPS) is 19.8. The second-order valence-electron chi connectivity index (χ2n) is 10.6. The van der Waals surface area contributed by atoms with Gasteiger partial charge in [-0.25, -0.2) is 0 Å². The van der Waals surface area contributed by atoms with Gasteiger partial charge < -0.3 is 49.6 Å². The highest BCUT2D eigenvalue weighted by Crippen LogP contribution is 2.30. The summed E-state index contributed by atoms with van der Waals surface area (Å²) in [6.07, 6.45) is -2.64. The van der Waals surface area contributed by atoms with Gasteiger partial charge in [0.15, 0.2) is 0 Å². The predicted octanol–water partition coefficient (Wildman–Crippen LogP) is 0.587. The third-order valence-electron chi connectivity index (χ3n) is 6.73. The summed E-state index contributed by atoms with van der Waals surface area (Å²) in [4.78, 5) is 69.1. The van der Waals surface area contributed by atoms with Crippen LogP contribution in [0.1, 0.15) is 58.9 Å². The van der Waals surface area contributed by atoms with Crippen molar-refractivity contribution in [3.63, 3.8) is 0 Å². The fraction of sp³-hybridized carbons (Fsp3) is 0.625. The van der Waals surface area contributed by atoms with Gasteiger partial charge in [0.05, 0.1) is 51.4 Å². The fourth-order valence-electron chi connectivity index (χ4n) is 4.41. The van der Waals surface area contributed by atoms with Crippen molar-refractivity contribution < 1.29 is 67.8 Å². The van der Waals surface area contributed by atoms with Crippen molar-refractivity contribution in [2.45, 2.75) is 78.5 Å². The van der Waals surface area contributed by atoms with E-state index in [1.165, 1.54) is 17.9 Å². The zero-order valence-electron chi connectivity index (χ0n) is 28.4. The summed E-state index contributed by atoms with van der Waals surface area (Å²) in [7, 11) is 0. The number of aliphatic hydroxyl groups excluding tert-OH is 2.